The quantitative estimate of drug-likeness (QED) is 0.774. The normalized spacial score (nSPS) is 14.8. The molecule has 0 aliphatic carbocycles. The van der Waals surface area contributed by atoms with Gasteiger partial charge in [0.1, 0.15) is 5.75 Å². The third-order valence-electron chi connectivity index (χ3n) is 4.85. The Labute approximate surface area is 173 Å². The molecule has 2 aromatic rings. The van der Waals surface area contributed by atoms with Crippen LogP contribution in [0.3, 0.4) is 0 Å². The highest BCUT2D eigenvalue weighted by atomic mass is 35.5. The third kappa shape index (κ3) is 5.02. The van der Waals surface area contributed by atoms with Crippen LogP contribution in [0.25, 0.3) is 0 Å². The largest absolute Gasteiger partial charge is 0.496 e. The maximum atomic E-state index is 12.9. The summed E-state index contributed by atoms with van der Waals surface area (Å²) in [6.07, 6.45) is 2.52. The number of nitrogens with zero attached hydrogens (tertiary/aromatic N) is 2. The Kier molecular flexibility index (Phi) is 6.91. The molecule has 1 aromatic heterocycles. The van der Waals surface area contributed by atoms with Gasteiger partial charge in [-0.1, -0.05) is 11.6 Å². The smallest absolute Gasteiger partial charge is 0.257 e. The highest BCUT2D eigenvalue weighted by molar-refractivity contribution is 7.09. The van der Waals surface area contributed by atoms with E-state index < -0.39 is 0 Å². The van der Waals surface area contributed by atoms with Crippen molar-refractivity contribution in [1.29, 1.82) is 0 Å². The number of benzene rings is 1. The van der Waals surface area contributed by atoms with Gasteiger partial charge in [-0.2, -0.15) is 0 Å². The number of likely N-dealkylation sites (tertiary alicyclic amines) is 1. The first-order valence-corrected chi connectivity index (χ1v) is 10.5. The van der Waals surface area contributed by atoms with Crippen LogP contribution in [-0.2, 0) is 11.2 Å². The summed E-state index contributed by atoms with van der Waals surface area (Å²) in [7, 11) is 1.54. The van der Waals surface area contributed by atoms with Gasteiger partial charge in [0, 0.05) is 49.3 Å². The summed E-state index contributed by atoms with van der Waals surface area (Å²) < 4.78 is 5.31. The van der Waals surface area contributed by atoms with Gasteiger partial charge < -0.3 is 15.0 Å². The van der Waals surface area contributed by atoms with Crippen molar-refractivity contribution < 1.29 is 14.3 Å². The van der Waals surface area contributed by atoms with Crippen LogP contribution in [0, 0.1) is 0 Å². The number of thiazole rings is 1. The van der Waals surface area contributed by atoms with Crippen molar-refractivity contribution >= 4 is 34.8 Å². The molecule has 1 fully saturated rings. The van der Waals surface area contributed by atoms with Crippen molar-refractivity contribution in [1.82, 2.24) is 15.2 Å². The molecule has 0 spiro atoms. The van der Waals surface area contributed by atoms with Crippen molar-refractivity contribution in [2.45, 2.75) is 32.1 Å². The van der Waals surface area contributed by atoms with Gasteiger partial charge in [-0.3, -0.25) is 9.59 Å². The predicted octanol–water partition coefficient (Wildman–Crippen LogP) is 3.50. The van der Waals surface area contributed by atoms with Crippen molar-refractivity contribution in [3.63, 3.8) is 0 Å². The standard InChI is InChI=1S/C20H24ClN3O3S/c1-13(25)22-8-5-16-12-28-19(23-16)14-6-9-24(10-7-14)20(26)17-4-3-15(21)11-18(17)27-2/h3-4,11-12,14H,5-10H2,1-2H3,(H,22,25). The Hall–Kier alpha value is -2.12. The summed E-state index contributed by atoms with van der Waals surface area (Å²) in [5.41, 5.74) is 1.55. The molecule has 2 heterocycles. The monoisotopic (exact) mass is 421 g/mol. The number of hydrogen-bond acceptors (Lipinski definition) is 5. The number of piperidine rings is 1. The molecule has 0 unspecified atom stereocenters. The number of halogens is 1. The minimum absolute atomic E-state index is 0.0233. The van der Waals surface area contributed by atoms with E-state index >= 15 is 0 Å². The van der Waals surface area contributed by atoms with Gasteiger partial charge in [0.25, 0.3) is 5.91 Å². The van der Waals surface area contributed by atoms with E-state index in [0.29, 0.717) is 41.9 Å². The summed E-state index contributed by atoms with van der Waals surface area (Å²) >= 11 is 7.66. The lowest BCUT2D eigenvalue weighted by Gasteiger charge is -2.31. The highest BCUT2D eigenvalue weighted by Gasteiger charge is 2.27. The van der Waals surface area contributed by atoms with Gasteiger partial charge in [0.05, 0.1) is 23.4 Å². The summed E-state index contributed by atoms with van der Waals surface area (Å²) in [4.78, 5) is 30.4. The zero-order valence-electron chi connectivity index (χ0n) is 16.0. The second-order valence-electron chi connectivity index (χ2n) is 6.82. The van der Waals surface area contributed by atoms with E-state index in [9.17, 15) is 9.59 Å². The number of carbonyl (C=O) groups excluding carboxylic acids is 2. The first kappa shape index (κ1) is 20.6. The van der Waals surface area contributed by atoms with Crippen LogP contribution in [0.1, 0.15) is 46.7 Å². The van der Waals surface area contributed by atoms with E-state index in [1.807, 2.05) is 4.90 Å². The molecule has 8 heteroatoms. The zero-order chi connectivity index (χ0) is 20.1. The Balaban J connectivity index is 1.57. The Bertz CT molecular complexity index is 847. The predicted molar refractivity (Wildman–Crippen MR) is 110 cm³/mol. The highest BCUT2D eigenvalue weighted by Crippen LogP contribution is 2.32. The Morgan fingerprint density at radius 2 is 2.11 bits per heavy atom. The number of carbonyl (C=O) groups is 2. The molecular formula is C20H24ClN3O3S. The van der Waals surface area contributed by atoms with Crippen LogP contribution in [0.15, 0.2) is 23.6 Å². The van der Waals surface area contributed by atoms with Crippen molar-refractivity contribution in [2.75, 3.05) is 26.7 Å². The number of ether oxygens (including phenoxy) is 1. The molecule has 1 saturated heterocycles. The van der Waals surface area contributed by atoms with E-state index in [0.717, 1.165) is 30.0 Å². The fourth-order valence-electron chi connectivity index (χ4n) is 3.33. The van der Waals surface area contributed by atoms with Crippen molar-refractivity contribution in [3.8, 4) is 5.75 Å². The molecule has 3 rings (SSSR count). The van der Waals surface area contributed by atoms with Gasteiger partial charge in [0.15, 0.2) is 0 Å². The van der Waals surface area contributed by atoms with E-state index in [1.165, 1.54) is 6.92 Å². The molecule has 28 heavy (non-hydrogen) atoms. The van der Waals surface area contributed by atoms with Crippen LogP contribution in [-0.4, -0.2) is 48.4 Å². The van der Waals surface area contributed by atoms with E-state index in [4.69, 9.17) is 21.3 Å². The number of aromatic nitrogens is 1. The topological polar surface area (TPSA) is 71.5 Å². The second-order valence-corrected chi connectivity index (χ2v) is 8.15. The minimum Gasteiger partial charge on any atom is -0.496 e. The molecule has 6 nitrogen and oxygen atoms in total. The maximum absolute atomic E-state index is 12.9. The van der Waals surface area contributed by atoms with Crippen molar-refractivity contribution in [2.24, 2.45) is 0 Å². The number of rotatable bonds is 6. The summed E-state index contributed by atoms with van der Waals surface area (Å²) in [5, 5.41) is 6.52. The van der Waals surface area contributed by atoms with Crippen LogP contribution in [0.4, 0.5) is 0 Å². The lowest BCUT2D eigenvalue weighted by Crippen LogP contribution is -2.38. The molecule has 1 aliphatic heterocycles. The van der Waals surface area contributed by atoms with Crippen LogP contribution in [0.5, 0.6) is 5.75 Å². The lowest BCUT2D eigenvalue weighted by atomic mass is 9.97. The van der Waals surface area contributed by atoms with Gasteiger partial charge in [-0.25, -0.2) is 4.98 Å². The molecule has 0 bridgehead atoms. The SMILES string of the molecule is COc1cc(Cl)ccc1C(=O)N1CCC(c2nc(CCNC(C)=O)cs2)CC1. The summed E-state index contributed by atoms with van der Waals surface area (Å²) in [6.45, 7) is 3.50. The van der Waals surface area contributed by atoms with Crippen LogP contribution < -0.4 is 10.1 Å². The van der Waals surface area contributed by atoms with Gasteiger partial charge in [0.2, 0.25) is 5.91 Å². The maximum Gasteiger partial charge on any atom is 0.257 e. The van der Waals surface area contributed by atoms with E-state index in [1.54, 1.807) is 36.6 Å². The molecule has 1 N–H and O–H groups in total. The molecule has 1 aliphatic rings. The molecular weight excluding hydrogens is 398 g/mol. The first-order valence-electron chi connectivity index (χ1n) is 9.29. The molecule has 1 aromatic carbocycles. The average molecular weight is 422 g/mol. The third-order valence-corrected chi connectivity index (χ3v) is 6.14. The molecule has 0 saturated carbocycles. The van der Waals surface area contributed by atoms with E-state index in [-0.39, 0.29) is 11.8 Å². The Morgan fingerprint density at radius 1 is 1.36 bits per heavy atom. The summed E-state index contributed by atoms with van der Waals surface area (Å²) in [5.74, 6) is 0.825. The number of nitrogens with one attached hydrogen (secondary N) is 1. The summed E-state index contributed by atoms with van der Waals surface area (Å²) in [6, 6.07) is 5.10. The molecule has 150 valence electrons. The number of hydrogen-bond donors (Lipinski definition) is 1. The molecule has 2 amide bonds. The van der Waals surface area contributed by atoms with Gasteiger partial charge in [-0.15, -0.1) is 11.3 Å². The van der Waals surface area contributed by atoms with Crippen LogP contribution in [0.2, 0.25) is 5.02 Å². The average Bonchev–Trinajstić information content (AvgIpc) is 3.16. The fourth-order valence-corrected chi connectivity index (χ4v) is 4.52. The van der Waals surface area contributed by atoms with Gasteiger partial charge in [-0.05, 0) is 31.0 Å². The Morgan fingerprint density at radius 3 is 2.79 bits per heavy atom. The van der Waals surface area contributed by atoms with Crippen molar-refractivity contribution in [3.05, 3.63) is 44.9 Å². The number of amides is 2. The van der Waals surface area contributed by atoms with Gasteiger partial charge >= 0.3 is 0 Å². The molecule has 0 radical (unpaired) electrons. The lowest BCUT2D eigenvalue weighted by molar-refractivity contribution is -0.118. The van der Waals surface area contributed by atoms with E-state index in [2.05, 4.69) is 10.7 Å². The first-order chi connectivity index (χ1) is 13.5. The second kappa shape index (κ2) is 9.39. The number of methoxy groups -OCH3 is 1. The fraction of sp³-hybridized carbons (Fsp3) is 0.450. The zero-order valence-corrected chi connectivity index (χ0v) is 17.6. The molecule has 0 atom stereocenters. The van der Waals surface area contributed by atoms with Crippen LogP contribution >= 0.6 is 22.9 Å². The minimum atomic E-state index is -0.0258.